The van der Waals surface area contributed by atoms with Crippen molar-refractivity contribution in [3.63, 3.8) is 0 Å². The maximum Gasteiger partial charge on any atom is 0.261 e. The largest absolute Gasteiger partial charge is 0.378 e. The second-order valence-corrected chi connectivity index (χ2v) is 6.83. The third-order valence-electron chi connectivity index (χ3n) is 4.88. The van der Waals surface area contributed by atoms with Crippen LogP contribution in [0.15, 0.2) is 36.7 Å². The van der Waals surface area contributed by atoms with Crippen molar-refractivity contribution in [3.8, 4) is 0 Å². The molecule has 4 rings (SSSR count). The van der Waals surface area contributed by atoms with Crippen LogP contribution in [-0.4, -0.2) is 65.4 Å². The van der Waals surface area contributed by atoms with Crippen LogP contribution >= 0.6 is 0 Å². The van der Waals surface area contributed by atoms with Gasteiger partial charge >= 0.3 is 0 Å². The van der Waals surface area contributed by atoms with Crippen LogP contribution in [0.5, 0.6) is 0 Å². The van der Waals surface area contributed by atoms with Crippen molar-refractivity contribution in [2.24, 2.45) is 0 Å². The monoisotopic (exact) mass is 395 g/mol. The summed E-state index contributed by atoms with van der Waals surface area (Å²) in [4.78, 5) is 48.6. The molecule has 1 saturated heterocycles. The quantitative estimate of drug-likeness (QED) is 0.736. The minimum Gasteiger partial charge on any atom is -0.378 e. The lowest BCUT2D eigenvalue weighted by atomic mass is 10.1. The fourth-order valence-electron chi connectivity index (χ4n) is 3.38. The molecular weight excluding hydrogens is 374 g/mol. The van der Waals surface area contributed by atoms with Gasteiger partial charge in [0.05, 0.1) is 42.4 Å². The molecule has 0 bridgehead atoms. The van der Waals surface area contributed by atoms with Gasteiger partial charge < -0.3 is 15.0 Å². The van der Waals surface area contributed by atoms with Crippen LogP contribution in [0.2, 0.25) is 0 Å². The maximum absolute atomic E-state index is 12.3. The van der Waals surface area contributed by atoms with Crippen LogP contribution in [0, 0.1) is 0 Å². The Morgan fingerprint density at radius 3 is 2.28 bits per heavy atom. The number of morpholine rings is 1. The molecule has 2 aliphatic rings. The standard InChI is InChI=1S/C20H21N5O4/c26-17(23-14-12-21-20(22-13-14)24-8-10-29-11-9-24)6-3-7-25-18(27)15-4-1-2-5-16(15)19(25)28/h1-2,4-5,12-13H,3,6-11H2,(H,23,26). The highest BCUT2D eigenvalue weighted by Gasteiger charge is 2.34. The fourth-order valence-corrected chi connectivity index (χ4v) is 3.38. The molecule has 1 N–H and O–H groups in total. The van der Waals surface area contributed by atoms with Gasteiger partial charge in [-0.15, -0.1) is 0 Å². The normalized spacial score (nSPS) is 16.1. The van der Waals surface area contributed by atoms with Gasteiger partial charge in [-0.3, -0.25) is 19.3 Å². The Morgan fingerprint density at radius 2 is 1.66 bits per heavy atom. The molecule has 3 heterocycles. The van der Waals surface area contributed by atoms with Crippen LogP contribution in [0.3, 0.4) is 0 Å². The third-order valence-corrected chi connectivity index (χ3v) is 4.88. The van der Waals surface area contributed by atoms with Crippen molar-refractivity contribution in [3.05, 3.63) is 47.8 Å². The fraction of sp³-hybridized carbons (Fsp3) is 0.350. The number of anilines is 2. The number of aromatic nitrogens is 2. The van der Waals surface area contributed by atoms with E-state index in [9.17, 15) is 14.4 Å². The van der Waals surface area contributed by atoms with Crippen LogP contribution in [-0.2, 0) is 9.53 Å². The first-order chi connectivity index (χ1) is 14.1. The average Bonchev–Trinajstić information content (AvgIpc) is 3.00. The van der Waals surface area contributed by atoms with Gasteiger partial charge in [0.25, 0.3) is 11.8 Å². The lowest BCUT2D eigenvalue weighted by Gasteiger charge is -2.26. The maximum atomic E-state index is 12.3. The molecule has 9 heteroatoms. The molecule has 0 radical (unpaired) electrons. The van der Waals surface area contributed by atoms with Gasteiger partial charge in [0.1, 0.15) is 0 Å². The smallest absolute Gasteiger partial charge is 0.261 e. The Hall–Kier alpha value is -3.33. The summed E-state index contributed by atoms with van der Waals surface area (Å²) >= 11 is 0. The van der Waals surface area contributed by atoms with E-state index >= 15 is 0 Å². The summed E-state index contributed by atoms with van der Waals surface area (Å²) in [5, 5.41) is 2.74. The van der Waals surface area contributed by atoms with Crippen molar-refractivity contribution in [1.82, 2.24) is 14.9 Å². The van der Waals surface area contributed by atoms with E-state index in [1.54, 1.807) is 36.7 Å². The number of nitrogens with zero attached hydrogens (tertiary/aromatic N) is 4. The summed E-state index contributed by atoms with van der Waals surface area (Å²) in [6.07, 6.45) is 3.70. The van der Waals surface area contributed by atoms with Crippen molar-refractivity contribution in [1.29, 1.82) is 0 Å². The summed E-state index contributed by atoms with van der Waals surface area (Å²) in [6.45, 7) is 2.98. The highest BCUT2D eigenvalue weighted by molar-refractivity contribution is 6.21. The van der Waals surface area contributed by atoms with E-state index in [0.717, 1.165) is 13.1 Å². The molecule has 150 valence electrons. The SMILES string of the molecule is O=C(CCCN1C(=O)c2ccccc2C1=O)Nc1cnc(N2CCOCC2)nc1. The minimum absolute atomic E-state index is 0.179. The first kappa shape index (κ1) is 19.0. The summed E-state index contributed by atoms with van der Waals surface area (Å²) in [6, 6.07) is 6.74. The number of ether oxygens (including phenoxy) is 1. The van der Waals surface area contributed by atoms with Gasteiger partial charge in [-0.25, -0.2) is 9.97 Å². The van der Waals surface area contributed by atoms with E-state index in [0.29, 0.717) is 42.4 Å². The number of fused-ring (bicyclic) bond motifs is 1. The Kier molecular flexibility index (Phi) is 5.48. The molecule has 1 fully saturated rings. The lowest BCUT2D eigenvalue weighted by molar-refractivity contribution is -0.116. The number of benzene rings is 1. The van der Waals surface area contributed by atoms with Crippen LogP contribution in [0.4, 0.5) is 11.6 Å². The highest BCUT2D eigenvalue weighted by atomic mass is 16.5. The Bertz CT molecular complexity index is 890. The van der Waals surface area contributed by atoms with Crippen LogP contribution < -0.4 is 10.2 Å². The number of carbonyl (C=O) groups excluding carboxylic acids is 3. The zero-order valence-corrected chi connectivity index (χ0v) is 15.8. The van der Waals surface area contributed by atoms with Gasteiger partial charge in [-0.05, 0) is 18.6 Å². The number of imide groups is 1. The molecule has 0 unspecified atom stereocenters. The predicted octanol–water partition coefficient (Wildman–Crippen LogP) is 1.33. The van der Waals surface area contributed by atoms with Gasteiger partial charge in [-0.1, -0.05) is 12.1 Å². The molecular formula is C20H21N5O4. The van der Waals surface area contributed by atoms with Crippen LogP contribution in [0.25, 0.3) is 0 Å². The predicted molar refractivity (Wildman–Crippen MR) is 105 cm³/mol. The molecule has 0 atom stereocenters. The molecule has 1 aromatic carbocycles. The number of carbonyl (C=O) groups is 3. The zero-order valence-electron chi connectivity index (χ0n) is 15.8. The average molecular weight is 395 g/mol. The second-order valence-electron chi connectivity index (χ2n) is 6.83. The zero-order chi connectivity index (χ0) is 20.2. The number of hydrogen-bond donors (Lipinski definition) is 1. The summed E-state index contributed by atoms with van der Waals surface area (Å²) in [7, 11) is 0. The molecule has 2 aromatic rings. The third kappa shape index (κ3) is 4.09. The number of rotatable bonds is 6. The van der Waals surface area contributed by atoms with Crippen molar-refractivity contribution < 1.29 is 19.1 Å². The first-order valence-corrected chi connectivity index (χ1v) is 9.53. The molecule has 29 heavy (non-hydrogen) atoms. The van der Waals surface area contributed by atoms with E-state index in [1.165, 1.54) is 4.90 Å². The van der Waals surface area contributed by atoms with E-state index in [2.05, 4.69) is 15.3 Å². The minimum atomic E-state index is -0.307. The topological polar surface area (TPSA) is 105 Å². The van der Waals surface area contributed by atoms with Gasteiger partial charge in [0, 0.05) is 26.1 Å². The highest BCUT2D eigenvalue weighted by Crippen LogP contribution is 2.22. The van der Waals surface area contributed by atoms with Gasteiger partial charge in [0.15, 0.2) is 0 Å². The van der Waals surface area contributed by atoms with E-state index in [4.69, 9.17) is 4.74 Å². The van der Waals surface area contributed by atoms with E-state index in [1.807, 2.05) is 4.90 Å². The first-order valence-electron chi connectivity index (χ1n) is 9.53. The summed E-state index contributed by atoms with van der Waals surface area (Å²) in [5.74, 6) is -0.225. The molecule has 2 aliphatic heterocycles. The summed E-state index contributed by atoms with van der Waals surface area (Å²) < 4.78 is 5.30. The lowest BCUT2D eigenvalue weighted by Crippen LogP contribution is -2.37. The van der Waals surface area contributed by atoms with Crippen molar-refractivity contribution in [2.75, 3.05) is 43.1 Å². The van der Waals surface area contributed by atoms with Crippen LogP contribution in [0.1, 0.15) is 33.6 Å². The van der Waals surface area contributed by atoms with Gasteiger partial charge in [0.2, 0.25) is 11.9 Å². The van der Waals surface area contributed by atoms with Crippen molar-refractivity contribution >= 4 is 29.4 Å². The van der Waals surface area contributed by atoms with Crippen molar-refractivity contribution in [2.45, 2.75) is 12.8 Å². The Labute approximate surface area is 167 Å². The molecule has 0 saturated carbocycles. The number of amides is 3. The Balaban J connectivity index is 1.25. The molecule has 1 aromatic heterocycles. The number of hydrogen-bond acceptors (Lipinski definition) is 7. The molecule has 9 nitrogen and oxygen atoms in total. The molecule has 0 aliphatic carbocycles. The van der Waals surface area contributed by atoms with E-state index in [-0.39, 0.29) is 30.7 Å². The molecule has 0 spiro atoms. The molecule has 3 amide bonds. The Morgan fingerprint density at radius 1 is 1.03 bits per heavy atom. The summed E-state index contributed by atoms with van der Waals surface area (Å²) in [5.41, 5.74) is 1.34. The number of nitrogens with one attached hydrogen (secondary N) is 1. The second kappa shape index (κ2) is 8.36. The van der Waals surface area contributed by atoms with E-state index < -0.39 is 0 Å². The van der Waals surface area contributed by atoms with Gasteiger partial charge in [-0.2, -0.15) is 0 Å².